The molecule has 0 atom stereocenters. The molecular weight excluding hydrogens is 372 g/mol. The third-order valence-corrected chi connectivity index (χ3v) is 6.12. The molecule has 1 N–H and O–H groups in total. The number of anilines is 1. The molecule has 25 heavy (non-hydrogen) atoms. The van der Waals surface area contributed by atoms with Crippen molar-refractivity contribution in [2.75, 3.05) is 11.9 Å². The van der Waals surface area contributed by atoms with Crippen molar-refractivity contribution in [1.29, 1.82) is 10.5 Å². The summed E-state index contributed by atoms with van der Waals surface area (Å²) in [4.78, 5) is 6.08. The summed E-state index contributed by atoms with van der Waals surface area (Å²) < 4.78 is 0. The van der Waals surface area contributed by atoms with Crippen LogP contribution in [0.2, 0.25) is 0 Å². The van der Waals surface area contributed by atoms with E-state index in [0.717, 1.165) is 22.2 Å². The van der Waals surface area contributed by atoms with E-state index in [0.29, 0.717) is 26.0 Å². The number of hydrogen-bond acceptors (Lipinski definition) is 9. The Morgan fingerprint density at radius 3 is 2.64 bits per heavy atom. The molecule has 0 saturated heterocycles. The highest BCUT2D eigenvalue weighted by atomic mass is 32.1. The number of rotatable bonds is 5. The highest BCUT2D eigenvalue weighted by Gasteiger charge is 2.17. The smallest absolute Gasteiger partial charge is 0.185 e. The summed E-state index contributed by atoms with van der Waals surface area (Å²) in [6.45, 7) is 4.52. The van der Waals surface area contributed by atoms with Crippen LogP contribution in [-0.2, 0) is 0 Å². The van der Waals surface area contributed by atoms with E-state index in [1.165, 1.54) is 22.7 Å². The molecule has 0 amide bonds. The Morgan fingerprint density at radius 2 is 2.00 bits per heavy atom. The van der Waals surface area contributed by atoms with Gasteiger partial charge in [-0.2, -0.15) is 10.5 Å². The number of nitrogens with one attached hydrogen (secondary N) is 1. The molecule has 0 aliphatic heterocycles. The zero-order valence-corrected chi connectivity index (χ0v) is 15.8. The Labute approximate surface area is 156 Å². The van der Waals surface area contributed by atoms with Crippen molar-refractivity contribution in [2.24, 2.45) is 10.2 Å². The van der Waals surface area contributed by atoms with Crippen LogP contribution in [0.1, 0.15) is 22.9 Å². The van der Waals surface area contributed by atoms with Gasteiger partial charge in [-0.3, -0.25) is 0 Å². The van der Waals surface area contributed by atoms with Gasteiger partial charge >= 0.3 is 0 Å². The normalized spacial score (nSPS) is 10.7. The summed E-state index contributed by atoms with van der Waals surface area (Å²) >= 11 is 4.17. The molecular formula is C16H12N6S3. The molecule has 0 saturated carbocycles. The summed E-state index contributed by atoms with van der Waals surface area (Å²) in [5, 5.41) is 34.1. The predicted molar refractivity (Wildman–Crippen MR) is 102 cm³/mol. The maximum absolute atomic E-state index is 9.31. The minimum atomic E-state index is 0.402. The van der Waals surface area contributed by atoms with Crippen LogP contribution >= 0.6 is 34.0 Å². The molecule has 0 spiro atoms. The lowest BCUT2D eigenvalue weighted by atomic mass is 10.2. The third-order valence-electron chi connectivity index (χ3n) is 3.27. The van der Waals surface area contributed by atoms with Gasteiger partial charge in [-0.25, -0.2) is 4.98 Å². The maximum atomic E-state index is 9.31. The Kier molecular flexibility index (Phi) is 5.19. The van der Waals surface area contributed by atoms with Gasteiger partial charge in [0.05, 0.1) is 10.4 Å². The first-order valence-corrected chi connectivity index (χ1v) is 9.83. The Morgan fingerprint density at radius 1 is 1.20 bits per heavy atom. The molecule has 3 aromatic rings. The maximum Gasteiger partial charge on any atom is 0.185 e. The summed E-state index contributed by atoms with van der Waals surface area (Å²) in [5.74, 6) is 0. The van der Waals surface area contributed by atoms with Crippen molar-refractivity contribution in [3.8, 4) is 22.7 Å². The van der Waals surface area contributed by atoms with Gasteiger partial charge in [-0.15, -0.1) is 32.9 Å². The molecule has 3 heterocycles. The average Bonchev–Trinajstić information content (AvgIpc) is 3.32. The minimum absolute atomic E-state index is 0.402. The van der Waals surface area contributed by atoms with Crippen LogP contribution in [0.4, 0.5) is 15.1 Å². The monoisotopic (exact) mass is 384 g/mol. The second-order valence-electron chi connectivity index (χ2n) is 4.84. The number of nitrogens with zero attached hydrogens (tertiary/aromatic N) is 5. The fourth-order valence-corrected chi connectivity index (χ4v) is 4.60. The average molecular weight is 385 g/mol. The Hall–Kier alpha value is -2.59. The fourth-order valence-electron chi connectivity index (χ4n) is 2.08. The van der Waals surface area contributed by atoms with Gasteiger partial charge in [-0.05, 0) is 30.9 Å². The number of thiophene rings is 2. The van der Waals surface area contributed by atoms with E-state index in [1.54, 1.807) is 18.3 Å². The van der Waals surface area contributed by atoms with Gasteiger partial charge in [0, 0.05) is 6.54 Å². The number of aromatic nitrogens is 1. The van der Waals surface area contributed by atoms with Crippen molar-refractivity contribution >= 4 is 49.1 Å². The van der Waals surface area contributed by atoms with Crippen molar-refractivity contribution in [2.45, 2.75) is 13.8 Å². The molecule has 6 nitrogen and oxygen atoms in total. The minimum Gasteiger partial charge on any atom is -0.362 e. The topological polar surface area (TPSA) is 97.2 Å². The molecule has 0 aliphatic rings. The van der Waals surface area contributed by atoms with Gasteiger partial charge in [0.15, 0.2) is 15.1 Å². The Bertz CT molecular complexity index is 998. The van der Waals surface area contributed by atoms with Crippen molar-refractivity contribution < 1.29 is 0 Å². The van der Waals surface area contributed by atoms with E-state index in [2.05, 4.69) is 32.7 Å². The van der Waals surface area contributed by atoms with E-state index in [-0.39, 0.29) is 0 Å². The van der Waals surface area contributed by atoms with E-state index >= 15 is 0 Å². The van der Waals surface area contributed by atoms with E-state index in [1.807, 2.05) is 24.4 Å². The van der Waals surface area contributed by atoms with Gasteiger partial charge in [0.1, 0.15) is 22.7 Å². The van der Waals surface area contributed by atoms with Crippen molar-refractivity contribution in [1.82, 2.24) is 4.98 Å². The van der Waals surface area contributed by atoms with Gasteiger partial charge in [0.2, 0.25) is 0 Å². The first-order chi connectivity index (χ1) is 12.2. The van der Waals surface area contributed by atoms with E-state index in [9.17, 15) is 5.26 Å². The molecule has 0 unspecified atom stereocenters. The van der Waals surface area contributed by atoms with Crippen LogP contribution in [-0.4, -0.2) is 11.5 Å². The molecule has 0 radical (unpaired) electrons. The summed E-state index contributed by atoms with van der Waals surface area (Å²) in [6, 6.07) is 8.14. The highest BCUT2D eigenvalue weighted by molar-refractivity contribution is 7.20. The largest absolute Gasteiger partial charge is 0.362 e. The zero-order chi connectivity index (χ0) is 17.8. The van der Waals surface area contributed by atoms with Crippen LogP contribution in [0.15, 0.2) is 27.7 Å². The zero-order valence-electron chi connectivity index (χ0n) is 13.4. The first kappa shape index (κ1) is 17.2. The Balaban J connectivity index is 2.02. The molecule has 0 bridgehead atoms. The molecule has 124 valence electrons. The third kappa shape index (κ3) is 3.44. The van der Waals surface area contributed by atoms with Gasteiger partial charge in [-0.1, -0.05) is 17.4 Å². The lowest BCUT2D eigenvalue weighted by Gasteiger charge is -1.93. The van der Waals surface area contributed by atoms with Crippen LogP contribution in [0, 0.1) is 29.6 Å². The van der Waals surface area contributed by atoms with Crippen LogP contribution in [0.25, 0.3) is 10.6 Å². The van der Waals surface area contributed by atoms with Gasteiger partial charge < -0.3 is 5.32 Å². The summed E-state index contributed by atoms with van der Waals surface area (Å²) in [7, 11) is 0. The summed E-state index contributed by atoms with van der Waals surface area (Å²) in [5.41, 5.74) is 1.83. The summed E-state index contributed by atoms with van der Waals surface area (Å²) in [6.07, 6.45) is 0. The second kappa shape index (κ2) is 7.53. The SMILES string of the molecule is CCNc1nc(-c2cccs2)c(N=Nc2sc(C#N)c(C)c2C#N)s1. The standard InChI is InChI=1S/C16H12N6S3/c1-3-19-16-20-13(11-5-4-6-23-11)15(25-16)22-21-14-10(7-17)9(2)12(8-18)24-14/h4-6H,3H2,1-2H3,(H,19,20). The molecule has 0 aliphatic carbocycles. The number of nitriles is 2. The fraction of sp³-hybridized carbons (Fsp3) is 0.188. The number of thiazole rings is 1. The number of azo groups is 1. The predicted octanol–water partition coefficient (Wildman–Crippen LogP) is 5.83. The van der Waals surface area contributed by atoms with Crippen molar-refractivity contribution in [3.63, 3.8) is 0 Å². The second-order valence-corrected chi connectivity index (χ2v) is 7.76. The van der Waals surface area contributed by atoms with Crippen LogP contribution < -0.4 is 5.32 Å². The van der Waals surface area contributed by atoms with Crippen molar-refractivity contribution in [3.05, 3.63) is 33.5 Å². The lowest BCUT2D eigenvalue weighted by molar-refractivity contribution is 1.19. The molecule has 0 fully saturated rings. The molecule has 3 rings (SSSR count). The lowest BCUT2D eigenvalue weighted by Crippen LogP contribution is -1.94. The molecule has 0 aromatic carbocycles. The quantitative estimate of drug-likeness (QED) is 0.559. The van der Waals surface area contributed by atoms with E-state index < -0.39 is 0 Å². The first-order valence-electron chi connectivity index (χ1n) is 7.31. The number of hydrogen-bond donors (Lipinski definition) is 1. The van der Waals surface area contributed by atoms with Crippen LogP contribution in [0.3, 0.4) is 0 Å². The van der Waals surface area contributed by atoms with E-state index in [4.69, 9.17) is 5.26 Å². The highest BCUT2D eigenvalue weighted by Crippen LogP contribution is 2.42. The molecule has 3 aromatic heterocycles. The van der Waals surface area contributed by atoms with Gasteiger partial charge in [0.25, 0.3) is 0 Å². The molecule has 9 heteroatoms. The van der Waals surface area contributed by atoms with Crippen LogP contribution in [0.5, 0.6) is 0 Å².